The molecule has 2 unspecified atom stereocenters. The van der Waals surface area contributed by atoms with Crippen LogP contribution in [0.2, 0.25) is 0 Å². The van der Waals surface area contributed by atoms with Crippen LogP contribution in [0, 0.1) is 18.8 Å². The van der Waals surface area contributed by atoms with E-state index in [4.69, 9.17) is 5.73 Å². The van der Waals surface area contributed by atoms with Crippen LogP contribution in [0.4, 0.5) is 0 Å². The molecule has 128 valence electrons. The minimum absolute atomic E-state index is 0.164. The molecular weight excluding hydrogens is 294 g/mol. The molecular formula is C17H27N3O3. The van der Waals surface area contributed by atoms with E-state index in [1.807, 2.05) is 19.1 Å². The number of allylic oxidation sites excluding steroid dienone is 1. The van der Waals surface area contributed by atoms with Crippen LogP contribution < -0.4 is 17.0 Å². The van der Waals surface area contributed by atoms with Crippen LogP contribution in [0.3, 0.4) is 0 Å². The fraction of sp³-hybridized carbons (Fsp3) is 0.588. The Bertz CT molecular complexity index is 676. The van der Waals surface area contributed by atoms with Gasteiger partial charge in [-0.15, -0.1) is 0 Å². The van der Waals surface area contributed by atoms with Gasteiger partial charge in [-0.1, -0.05) is 26.3 Å². The van der Waals surface area contributed by atoms with Crippen molar-refractivity contribution >= 4 is 12.0 Å². The molecule has 2 atom stereocenters. The lowest BCUT2D eigenvalue weighted by atomic mass is 9.84. The maximum Gasteiger partial charge on any atom is 0.330 e. The summed E-state index contributed by atoms with van der Waals surface area (Å²) in [6.45, 7) is 5.79. The van der Waals surface area contributed by atoms with Gasteiger partial charge in [-0.2, -0.15) is 0 Å². The van der Waals surface area contributed by atoms with Crippen LogP contribution in [0.25, 0.3) is 6.08 Å². The summed E-state index contributed by atoms with van der Waals surface area (Å²) in [6.07, 6.45) is 5.85. The number of carbonyl (C=O) groups is 1. The van der Waals surface area contributed by atoms with Crippen LogP contribution in [-0.4, -0.2) is 15.0 Å². The zero-order chi connectivity index (χ0) is 17.7. The van der Waals surface area contributed by atoms with Crippen molar-refractivity contribution in [2.24, 2.45) is 31.7 Å². The van der Waals surface area contributed by atoms with Gasteiger partial charge in [0.15, 0.2) is 0 Å². The average molecular weight is 321 g/mol. The SMILES string of the molecule is CCC(C=Cc1c(C)c(=O)n(C)c(=O)n1C)C(CC)CC(N)=O. The van der Waals surface area contributed by atoms with Crippen molar-refractivity contribution in [3.63, 3.8) is 0 Å². The second kappa shape index (κ2) is 7.94. The summed E-state index contributed by atoms with van der Waals surface area (Å²) in [5.74, 6) is 0.0320. The van der Waals surface area contributed by atoms with Gasteiger partial charge in [0.1, 0.15) is 0 Å². The molecule has 1 rings (SSSR count). The van der Waals surface area contributed by atoms with Gasteiger partial charge < -0.3 is 5.73 Å². The number of carbonyl (C=O) groups excluding carboxylic acids is 1. The van der Waals surface area contributed by atoms with E-state index in [0.717, 1.165) is 17.4 Å². The molecule has 0 bridgehead atoms. The summed E-state index contributed by atoms with van der Waals surface area (Å²) < 4.78 is 2.57. The second-order valence-corrected chi connectivity index (χ2v) is 5.99. The molecule has 2 N–H and O–H groups in total. The number of nitrogens with two attached hydrogens (primary N) is 1. The third kappa shape index (κ3) is 4.21. The van der Waals surface area contributed by atoms with Gasteiger partial charge in [-0.3, -0.25) is 18.7 Å². The molecule has 1 aromatic heterocycles. The molecule has 0 aromatic carbocycles. The lowest BCUT2D eigenvalue weighted by molar-refractivity contribution is -0.119. The van der Waals surface area contributed by atoms with E-state index in [1.54, 1.807) is 14.0 Å². The van der Waals surface area contributed by atoms with E-state index >= 15 is 0 Å². The quantitative estimate of drug-likeness (QED) is 0.822. The molecule has 6 nitrogen and oxygen atoms in total. The number of hydrogen-bond acceptors (Lipinski definition) is 3. The van der Waals surface area contributed by atoms with Gasteiger partial charge in [0.05, 0.1) is 5.69 Å². The fourth-order valence-corrected chi connectivity index (χ4v) is 2.96. The highest BCUT2D eigenvalue weighted by Gasteiger charge is 2.18. The zero-order valence-corrected chi connectivity index (χ0v) is 14.6. The molecule has 1 aromatic rings. The predicted molar refractivity (Wildman–Crippen MR) is 92.1 cm³/mol. The number of amides is 1. The number of aromatic nitrogens is 2. The Hall–Kier alpha value is -2.11. The number of nitrogens with zero attached hydrogens (tertiary/aromatic N) is 2. The first-order chi connectivity index (χ1) is 10.7. The van der Waals surface area contributed by atoms with E-state index in [2.05, 4.69) is 6.92 Å². The molecule has 0 radical (unpaired) electrons. The highest BCUT2D eigenvalue weighted by molar-refractivity contribution is 5.74. The molecule has 6 heteroatoms. The summed E-state index contributed by atoms with van der Waals surface area (Å²) in [5.41, 5.74) is 5.82. The monoisotopic (exact) mass is 321 g/mol. The molecule has 0 saturated heterocycles. The fourth-order valence-electron chi connectivity index (χ4n) is 2.96. The Morgan fingerprint density at radius 1 is 1.17 bits per heavy atom. The van der Waals surface area contributed by atoms with Crippen molar-refractivity contribution in [1.82, 2.24) is 9.13 Å². The Kier molecular flexibility index (Phi) is 6.54. The molecule has 0 fully saturated rings. The van der Waals surface area contributed by atoms with Crippen molar-refractivity contribution in [3.05, 3.63) is 38.2 Å². The third-order valence-corrected chi connectivity index (χ3v) is 4.51. The second-order valence-electron chi connectivity index (χ2n) is 5.99. The smallest absolute Gasteiger partial charge is 0.330 e. The van der Waals surface area contributed by atoms with Gasteiger partial charge >= 0.3 is 5.69 Å². The highest BCUT2D eigenvalue weighted by atomic mass is 16.2. The summed E-state index contributed by atoms with van der Waals surface area (Å²) in [4.78, 5) is 35.3. The maximum atomic E-state index is 12.1. The minimum atomic E-state index is -0.350. The molecule has 0 aliphatic carbocycles. The Morgan fingerprint density at radius 2 is 1.78 bits per heavy atom. The molecule has 0 aliphatic heterocycles. The molecule has 1 amide bonds. The van der Waals surface area contributed by atoms with Crippen molar-refractivity contribution < 1.29 is 4.79 Å². The standard InChI is InChI=1S/C17H27N3O3/c1-6-12(13(7-2)10-15(18)21)8-9-14-11(3)16(22)20(5)17(23)19(14)4/h8-9,12-13H,6-7,10H2,1-5H3,(H2,18,21). The number of primary amides is 1. The van der Waals surface area contributed by atoms with Gasteiger partial charge in [0, 0.05) is 26.1 Å². The van der Waals surface area contributed by atoms with Crippen molar-refractivity contribution in [2.75, 3.05) is 0 Å². The lowest BCUT2D eigenvalue weighted by Crippen LogP contribution is -2.39. The molecule has 1 heterocycles. The zero-order valence-electron chi connectivity index (χ0n) is 14.6. The normalized spacial score (nSPS) is 14.1. The summed E-state index contributed by atoms with van der Waals surface area (Å²) in [6, 6.07) is 0. The van der Waals surface area contributed by atoms with E-state index < -0.39 is 0 Å². The lowest BCUT2D eigenvalue weighted by Gasteiger charge is -2.21. The van der Waals surface area contributed by atoms with E-state index in [-0.39, 0.29) is 29.0 Å². The van der Waals surface area contributed by atoms with Crippen LogP contribution in [-0.2, 0) is 18.9 Å². The Labute approximate surface area is 136 Å². The Morgan fingerprint density at radius 3 is 2.26 bits per heavy atom. The summed E-state index contributed by atoms with van der Waals surface area (Å²) >= 11 is 0. The molecule has 0 saturated carbocycles. The van der Waals surface area contributed by atoms with Crippen molar-refractivity contribution in [2.45, 2.75) is 40.0 Å². The van der Waals surface area contributed by atoms with Gasteiger partial charge in [-0.05, 0) is 31.3 Å². The van der Waals surface area contributed by atoms with Crippen LogP contribution in [0.15, 0.2) is 15.7 Å². The summed E-state index contributed by atoms with van der Waals surface area (Å²) in [5, 5.41) is 0. The van der Waals surface area contributed by atoms with Crippen LogP contribution in [0.1, 0.15) is 44.4 Å². The van der Waals surface area contributed by atoms with Gasteiger partial charge in [0.2, 0.25) is 5.91 Å². The third-order valence-electron chi connectivity index (χ3n) is 4.51. The topological polar surface area (TPSA) is 87.1 Å². The van der Waals surface area contributed by atoms with E-state index in [9.17, 15) is 14.4 Å². The van der Waals surface area contributed by atoms with Gasteiger partial charge in [-0.25, -0.2) is 4.79 Å². The van der Waals surface area contributed by atoms with Crippen LogP contribution >= 0.6 is 0 Å². The van der Waals surface area contributed by atoms with Crippen LogP contribution in [0.5, 0.6) is 0 Å². The average Bonchev–Trinajstić information content (AvgIpc) is 2.52. The van der Waals surface area contributed by atoms with E-state index in [1.165, 1.54) is 11.6 Å². The number of hydrogen-bond donors (Lipinski definition) is 1. The first-order valence-corrected chi connectivity index (χ1v) is 7.97. The first-order valence-electron chi connectivity index (χ1n) is 7.97. The van der Waals surface area contributed by atoms with Gasteiger partial charge in [0.25, 0.3) is 5.56 Å². The molecule has 23 heavy (non-hydrogen) atoms. The number of rotatable bonds is 7. The minimum Gasteiger partial charge on any atom is -0.370 e. The highest BCUT2D eigenvalue weighted by Crippen LogP contribution is 2.24. The Balaban J connectivity index is 3.24. The summed E-state index contributed by atoms with van der Waals surface area (Å²) in [7, 11) is 3.12. The van der Waals surface area contributed by atoms with Crippen molar-refractivity contribution in [1.29, 1.82) is 0 Å². The first kappa shape index (κ1) is 18.9. The molecule has 0 spiro atoms. The molecule has 0 aliphatic rings. The maximum absolute atomic E-state index is 12.1. The van der Waals surface area contributed by atoms with Crippen molar-refractivity contribution in [3.8, 4) is 0 Å². The van der Waals surface area contributed by atoms with E-state index in [0.29, 0.717) is 17.7 Å². The predicted octanol–water partition coefficient (Wildman–Crippen LogP) is 1.33. The largest absolute Gasteiger partial charge is 0.370 e.